The van der Waals surface area contributed by atoms with Crippen molar-refractivity contribution in [2.45, 2.75) is 6.92 Å². The van der Waals surface area contributed by atoms with Crippen LogP contribution in [0.2, 0.25) is 0 Å². The summed E-state index contributed by atoms with van der Waals surface area (Å²) in [6.45, 7) is 1.79. The summed E-state index contributed by atoms with van der Waals surface area (Å²) < 4.78 is 18.5. The standard InChI is InChI=1S/C11H10BrFO2/c1-2-15-11(14)10(13)7-8-4-3-5-9(12)6-8/h3-7H,2H2,1H3/b10-7-. The molecule has 0 radical (unpaired) electrons. The van der Waals surface area contributed by atoms with E-state index in [-0.39, 0.29) is 6.61 Å². The highest BCUT2D eigenvalue weighted by Gasteiger charge is 2.08. The van der Waals surface area contributed by atoms with Crippen LogP contribution in [0.4, 0.5) is 4.39 Å². The van der Waals surface area contributed by atoms with Crippen molar-refractivity contribution in [2.75, 3.05) is 6.61 Å². The molecule has 1 rings (SSSR count). The molecule has 0 aliphatic carbocycles. The highest BCUT2D eigenvalue weighted by atomic mass is 79.9. The maximum absolute atomic E-state index is 13.2. The van der Waals surface area contributed by atoms with Crippen LogP contribution in [0, 0.1) is 0 Å². The molecule has 0 spiro atoms. The Morgan fingerprint density at radius 1 is 1.60 bits per heavy atom. The summed E-state index contributed by atoms with van der Waals surface area (Å²) in [6, 6.07) is 6.98. The molecule has 15 heavy (non-hydrogen) atoms. The van der Waals surface area contributed by atoms with Gasteiger partial charge < -0.3 is 4.74 Å². The van der Waals surface area contributed by atoms with E-state index in [1.54, 1.807) is 25.1 Å². The quantitative estimate of drug-likeness (QED) is 0.623. The zero-order valence-corrected chi connectivity index (χ0v) is 9.75. The van der Waals surface area contributed by atoms with Crippen molar-refractivity contribution in [3.63, 3.8) is 0 Å². The largest absolute Gasteiger partial charge is 0.461 e. The lowest BCUT2D eigenvalue weighted by Crippen LogP contribution is -2.03. The normalized spacial score (nSPS) is 11.3. The highest BCUT2D eigenvalue weighted by Crippen LogP contribution is 2.15. The molecule has 0 fully saturated rings. The summed E-state index contributed by atoms with van der Waals surface area (Å²) in [4.78, 5) is 11.0. The van der Waals surface area contributed by atoms with Crippen LogP contribution in [0.25, 0.3) is 6.08 Å². The zero-order chi connectivity index (χ0) is 11.3. The first-order valence-corrected chi connectivity index (χ1v) is 5.22. The first-order chi connectivity index (χ1) is 7.13. The third-order valence-corrected chi connectivity index (χ3v) is 2.11. The van der Waals surface area contributed by atoms with Gasteiger partial charge in [0.05, 0.1) is 6.61 Å². The van der Waals surface area contributed by atoms with Gasteiger partial charge in [-0.15, -0.1) is 0 Å². The van der Waals surface area contributed by atoms with Gasteiger partial charge in [0.25, 0.3) is 0 Å². The monoisotopic (exact) mass is 272 g/mol. The lowest BCUT2D eigenvalue weighted by molar-refractivity contribution is -0.140. The molecule has 80 valence electrons. The van der Waals surface area contributed by atoms with Gasteiger partial charge in [0.15, 0.2) is 0 Å². The van der Waals surface area contributed by atoms with E-state index in [4.69, 9.17) is 0 Å². The Labute approximate surface area is 95.9 Å². The second-order valence-corrected chi connectivity index (χ2v) is 3.68. The molecule has 0 saturated carbocycles. The smallest absolute Gasteiger partial charge is 0.367 e. The number of benzene rings is 1. The molecule has 0 aromatic heterocycles. The molecule has 0 aliphatic heterocycles. The Morgan fingerprint density at radius 2 is 2.33 bits per heavy atom. The van der Waals surface area contributed by atoms with Crippen LogP contribution in [-0.2, 0) is 9.53 Å². The van der Waals surface area contributed by atoms with Gasteiger partial charge in [0, 0.05) is 4.47 Å². The second kappa shape index (κ2) is 5.66. The van der Waals surface area contributed by atoms with Crippen LogP contribution in [0.15, 0.2) is 34.6 Å². The topological polar surface area (TPSA) is 26.3 Å². The number of ether oxygens (including phenoxy) is 1. The second-order valence-electron chi connectivity index (χ2n) is 2.77. The van der Waals surface area contributed by atoms with Gasteiger partial charge in [-0.05, 0) is 30.7 Å². The summed E-state index contributed by atoms with van der Waals surface area (Å²) in [7, 11) is 0. The van der Waals surface area contributed by atoms with Crippen molar-refractivity contribution < 1.29 is 13.9 Å². The fourth-order valence-electron chi connectivity index (χ4n) is 1.00. The van der Waals surface area contributed by atoms with Gasteiger partial charge in [-0.3, -0.25) is 0 Å². The predicted octanol–water partition coefficient (Wildman–Crippen LogP) is 3.32. The van der Waals surface area contributed by atoms with Gasteiger partial charge in [-0.2, -0.15) is 4.39 Å². The van der Waals surface area contributed by atoms with Crippen molar-refractivity contribution in [3.8, 4) is 0 Å². The van der Waals surface area contributed by atoms with E-state index in [9.17, 15) is 9.18 Å². The highest BCUT2D eigenvalue weighted by molar-refractivity contribution is 9.10. The van der Waals surface area contributed by atoms with E-state index in [0.717, 1.165) is 10.5 Å². The SMILES string of the molecule is CCOC(=O)/C(F)=C/c1cccc(Br)c1. The number of hydrogen-bond acceptors (Lipinski definition) is 2. The molecule has 0 unspecified atom stereocenters. The number of rotatable bonds is 3. The molecule has 0 N–H and O–H groups in total. The Balaban J connectivity index is 2.82. The maximum Gasteiger partial charge on any atom is 0.367 e. The molecule has 2 nitrogen and oxygen atoms in total. The minimum absolute atomic E-state index is 0.165. The van der Waals surface area contributed by atoms with E-state index < -0.39 is 11.8 Å². The van der Waals surface area contributed by atoms with Crippen LogP contribution in [0.3, 0.4) is 0 Å². The van der Waals surface area contributed by atoms with Gasteiger partial charge in [-0.1, -0.05) is 28.1 Å². The average molecular weight is 273 g/mol. The number of carbonyl (C=O) groups excluding carboxylic acids is 1. The first kappa shape index (κ1) is 11.9. The van der Waals surface area contributed by atoms with Crippen LogP contribution in [0.5, 0.6) is 0 Å². The van der Waals surface area contributed by atoms with Crippen LogP contribution in [0.1, 0.15) is 12.5 Å². The summed E-state index contributed by atoms with van der Waals surface area (Å²) >= 11 is 3.25. The van der Waals surface area contributed by atoms with Crippen molar-refractivity contribution in [3.05, 3.63) is 40.1 Å². The Bertz CT molecular complexity index is 388. The van der Waals surface area contributed by atoms with Gasteiger partial charge in [0.1, 0.15) is 0 Å². The number of esters is 1. The molecule has 0 amide bonds. The van der Waals surface area contributed by atoms with E-state index in [0.29, 0.717) is 5.56 Å². The summed E-state index contributed by atoms with van der Waals surface area (Å²) in [5, 5.41) is 0. The molecule has 0 saturated heterocycles. The summed E-state index contributed by atoms with van der Waals surface area (Å²) in [5.41, 5.74) is 0.606. The van der Waals surface area contributed by atoms with Crippen LogP contribution in [-0.4, -0.2) is 12.6 Å². The van der Waals surface area contributed by atoms with Gasteiger partial charge >= 0.3 is 5.97 Å². The predicted molar refractivity (Wildman–Crippen MR) is 59.9 cm³/mol. The van der Waals surface area contributed by atoms with E-state index in [1.165, 1.54) is 0 Å². The zero-order valence-electron chi connectivity index (χ0n) is 8.17. The fraction of sp³-hybridized carbons (Fsp3) is 0.182. The minimum Gasteiger partial charge on any atom is -0.461 e. The lowest BCUT2D eigenvalue weighted by Gasteiger charge is -1.99. The minimum atomic E-state index is -0.933. The van der Waals surface area contributed by atoms with E-state index in [2.05, 4.69) is 20.7 Å². The third kappa shape index (κ3) is 3.83. The maximum atomic E-state index is 13.2. The van der Waals surface area contributed by atoms with E-state index >= 15 is 0 Å². The van der Waals surface area contributed by atoms with Crippen LogP contribution >= 0.6 is 15.9 Å². The third-order valence-electron chi connectivity index (χ3n) is 1.61. The molecule has 0 atom stereocenters. The molecule has 0 bridgehead atoms. The molecule has 1 aromatic rings. The number of carbonyl (C=O) groups is 1. The molecule has 0 heterocycles. The van der Waals surface area contributed by atoms with E-state index in [1.807, 2.05) is 6.07 Å². The van der Waals surface area contributed by atoms with Crippen LogP contribution < -0.4 is 0 Å². The molecular weight excluding hydrogens is 263 g/mol. The molecule has 4 heteroatoms. The van der Waals surface area contributed by atoms with Gasteiger partial charge in [-0.25, -0.2) is 4.79 Å². The fourth-order valence-corrected chi connectivity index (χ4v) is 1.42. The molecular formula is C11H10BrFO2. The van der Waals surface area contributed by atoms with Gasteiger partial charge in [0.2, 0.25) is 5.83 Å². The summed E-state index contributed by atoms with van der Waals surface area (Å²) in [6.07, 6.45) is 1.14. The molecule has 0 aliphatic rings. The lowest BCUT2D eigenvalue weighted by atomic mass is 10.2. The Hall–Kier alpha value is -1.16. The summed E-state index contributed by atoms with van der Waals surface area (Å²) in [5.74, 6) is -1.83. The van der Waals surface area contributed by atoms with Crippen molar-refractivity contribution in [1.29, 1.82) is 0 Å². The van der Waals surface area contributed by atoms with Crippen molar-refractivity contribution in [1.82, 2.24) is 0 Å². The number of hydrogen-bond donors (Lipinski definition) is 0. The van der Waals surface area contributed by atoms with Crippen molar-refractivity contribution in [2.24, 2.45) is 0 Å². The number of halogens is 2. The Kier molecular flexibility index (Phi) is 4.49. The Morgan fingerprint density at radius 3 is 2.93 bits per heavy atom. The average Bonchev–Trinajstić information content (AvgIpc) is 2.18. The molecule has 1 aromatic carbocycles. The first-order valence-electron chi connectivity index (χ1n) is 4.43. The van der Waals surface area contributed by atoms with Crippen molar-refractivity contribution >= 4 is 28.0 Å².